The highest BCUT2D eigenvalue weighted by molar-refractivity contribution is 5.97. The molecule has 0 bridgehead atoms. The van der Waals surface area contributed by atoms with Crippen LogP contribution in [0.5, 0.6) is 0 Å². The van der Waals surface area contributed by atoms with Crippen LogP contribution in [-0.2, 0) is 4.74 Å². The molecule has 2 N–H and O–H groups in total. The minimum atomic E-state index is -0.966. The van der Waals surface area contributed by atoms with E-state index in [1.54, 1.807) is 12.4 Å². The third-order valence-electron chi connectivity index (χ3n) is 6.44. The van der Waals surface area contributed by atoms with Crippen molar-refractivity contribution in [3.63, 3.8) is 0 Å². The van der Waals surface area contributed by atoms with E-state index in [0.717, 1.165) is 24.8 Å². The zero-order chi connectivity index (χ0) is 24.5. The van der Waals surface area contributed by atoms with Crippen molar-refractivity contribution in [2.75, 3.05) is 67.6 Å². The van der Waals surface area contributed by atoms with Gasteiger partial charge in [0, 0.05) is 57.0 Å². The van der Waals surface area contributed by atoms with Crippen LogP contribution in [-0.4, -0.2) is 78.5 Å². The molecular weight excluding hydrogens is 458 g/mol. The van der Waals surface area contributed by atoms with E-state index in [1.807, 2.05) is 17.9 Å². The van der Waals surface area contributed by atoms with Crippen LogP contribution < -0.4 is 15.1 Å². The van der Waals surface area contributed by atoms with Crippen LogP contribution in [0.2, 0.25) is 0 Å². The van der Waals surface area contributed by atoms with Crippen molar-refractivity contribution >= 4 is 39.9 Å². The number of hydrogen-bond donors (Lipinski definition) is 2. The highest BCUT2D eigenvalue weighted by atomic mass is 19.1. The molecule has 2 aliphatic rings. The monoisotopic (exact) mass is 484 g/mol. The molecule has 0 unspecified atom stereocenters. The zero-order valence-corrected chi connectivity index (χ0v) is 19.3. The Morgan fingerprint density at radius 2 is 1.77 bits per heavy atom. The Balaban J connectivity index is 1.54. The van der Waals surface area contributed by atoms with Gasteiger partial charge in [0.05, 0.1) is 53.6 Å². The molecule has 2 saturated heterocycles. The topological polar surface area (TPSA) is 94.1 Å². The number of ether oxygens (including phenoxy) is 1. The molecule has 1 aromatic carbocycles. The van der Waals surface area contributed by atoms with Crippen molar-refractivity contribution in [2.24, 2.45) is 0 Å². The lowest BCUT2D eigenvalue weighted by Gasteiger charge is -2.35. The van der Waals surface area contributed by atoms with Gasteiger partial charge in [-0.3, -0.25) is 4.98 Å². The number of benzene rings is 1. The van der Waals surface area contributed by atoms with Gasteiger partial charge in [0.2, 0.25) is 0 Å². The summed E-state index contributed by atoms with van der Waals surface area (Å²) < 4.78 is 34.6. The number of amides is 1. The van der Waals surface area contributed by atoms with Crippen molar-refractivity contribution in [2.45, 2.75) is 6.92 Å². The van der Waals surface area contributed by atoms with E-state index in [1.165, 1.54) is 11.0 Å². The highest BCUT2D eigenvalue weighted by Gasteiger charge is 2.25. The molecular formula is C24H26F2N6O3. The number of hydrogen-bond acceptors (Lipinski definition) is 7. The maximum Gasteiger partial charge on any atom is 0.407 e. The number of halogens is 2. The van der Waals surface area contributed by atoms with Crippen molar-refractivity contribution in [3.8, 4) is 0 Å². The second kappa shape index (κ2) is 9.49. The fourth-order valence-corrected chi connectivity index (χ4v) is 4.60. The van der Waals surface area contributed by atoms with E-state index in [-0.39, 0.29) is 10.9 Å². The number of carbonyl (C=O) groups is 1. The summed E-state index contributed by atoms with van der Waals surface area (Å²) >= 11 is 0. The number of rotatable bonds is 4. The number of fused-ring (bicyclic) bond motifs is 1. The van der Waals surface area contributed by atoms with Gasteiger partial charge in [-0.05, 0) is 13.0 Å². The molecule has 184 valence electrons. The predicted molar refractivity (Wildman–Crippen MR) is 129 cm³/mol. The first-order valence-corrected chi connectivity index (χ1v) is 11.5. The molecule has 2 aliphatic heterocycles. The molecule has 0 atom stereocenters. The molecule has 35 heavy (non-hydrogen) atoms. The van der Waals surface area contributed by atoms with Crippen LogP contribution in [0.25, 0.3) is 10.9 Å². The van der Waals surface area contributed by atoms with Crippen molar-refractivity contribution < 1.29 is 23.4 Å². The standard InChI is InChI=1S/C24H26F2N6O3/c1-15-22(28-17-12-18(14-27-13-17)30-6-8-35-9-7-30)21-19(26)10-16(25)11-20(21)29-23(15)31-2-4-32(5-3-31)24(33)34/h10-14H,2-9H2,1H3,(H,28,29)(H,33,34). The largest absolute Gasteiger partial charge is 0.465 e. The zero-order valence-electron chi connectivity index (χ0n) is 19.3. The summed E-state index contributed by atoms with van der Waals surface area (Å²) in [7, 11) is 0. The molecule has 9 nitrogen and oxygen atoms in total. The number of nitrogens with one attached hydrogen (secondary N) is 1. The summed E-state index contributed by atoms with van der Waals surface area (Å²) in [5.41, 5.74) is 2.93. The average Bonchev–Trinajstić information content (AvgIpc) is 2.86. The number of morpholine rings is 1. The number of anilines is 4. The Labute approximate surface area is 200 Å². The Bertz CT molecular complexity index is 1260. The van der Waals surface area contributed by atoms with E-state index in [9.17, 15) is 14.3 Å². The average molecular weight is 485 g/mol. The molecule has 2 aromatic heterocycles. The third-order valence-corrected chi connectivity index (χ3v) is 6.44. The van der Waals surface area contributed by atoms with Crippen molar-refractivity contribution in [1.29, 1.82) is 0 Å². The van der Waals surface area contributed by atoms with Crippen LogP contribution >= 0.6 is 0 Å². The first kappa shape index (κ1) is 23.0. The molecule has 2 fully saturated rings. The summed E-state index contributed by atoms with van der Waals surface area (Å²) in [6.07, 6.45) is 2.46. The summed E-state index contributed by atoms with van der Waals surface area (Å²) in [4.78, 5) is 25.7. The first-order valence-electron chi connectivity index (χ1n) is 11.5. The van der Waals surface area contributed by atoms with Gasteiger partial charge in [0.25, 0.3) is 0 Å². The second-order valence-corrected chi connectivity index (χ2v) is 8.63. The lowest BCUT2D eigenvalue weighted by atomic mass is 10.1. The van der Waals surface area contributed by atoms with Gasteiger partial charge in [-0.1, -0.05) is 0 Å². The van der Waals surface area contributed by atoms with Gasteiger partial charge in [0.1, 0.15) is 17.5 Å². The Morgan fingerprint density at radius 3 is 2.49 bits per heavy atom. The Kier molecular flexibility index (Phi) is 6.25. The quantitative estimate of drug-likeness (QED) is 0.580. The van der Waals surface area contributed by atoms with E-state index in [4.69, 9.17) is 4.74 Å². The number of aromatic nitrogens is 2. The molecule has 11 heteroatoms. The number of carboxylic acid groups (broad SMARTS) is 1. The fraction of sp³-hybridized carbons (Fsp3) is 0.375. The summed E-state index contributed by atoms with van der Waals surface area (Å²) in [6.45, 7) is 6.11. The van der Waals surface area contributed by atoms with Crippen LogP contribution in [0.3, 0.4) is 0 Å². The van der Waals surface area contributed by atoms with E-state index < -0.39 is 17.7 Å². The normalized spacial score (nSPS) is 16.6. The van der Waals surface area contributed by atoms with Gasteiger partial charge in [-0.15, -0.1) is 0 Å². The van der Waals surface area contributed by atoms with Gasteiger partial charge in [-0.2, -0.15) is 0 Å². The minimum absolute atomic E-state index is 0.184. The van der Waals surface area contributed by atoms with Crippen LogP contribution in [0.4, 0.5) is 36.5 Å². The van der Waals surface area contributed by atoms with Gasteiger partial charge in [0.15, 0.2) is 0 Å². The SMILES string of the molecule is Cc1c(N2CCN(C(=O)O)CC2)nc2cc(F)cc(F)c2c1Nc1cncc(N2CCOCC2)c1. The first-order chi connectivity index (χ1) is 16.9. The summed E-state index contributed by atoms with van der Waals surface area (Å²) in [5, 5.41) is 12.8. The lowest BCUT2D eigenvalue weighted by Crippen LogP contribution is -2.48. The lowest BCUT2D eigenvalue weighted by molar-refractivity contribution is 0.122. The van der Waals surface area contributed by atoms with Crippen molar-refractivity contribution in [1.82, 2.24) is 14.9 Å². The van der Waals surface area contributed by atoms with Crippen molar-refractivity contribution in [3.05, 3.63) is 47.8 Å². The van der Waals surface area contributed by atoms with Gasteiger partial charge >= 0.3 is 6.09 Å². The third kappa shape index (κ3) is 4.63. The molecule has 1 amide bonds. The van der Waals surface area contributed by atoms with Crippen LogP contribution in [0.15, 0.2) is 30.6 Å². The van der Waals surface area contributed by atoms with E-state index >= 15 is 4.39 Å². The molecule has 0 spiro atoms. The van der Waals surface area contributed by atoms with Crippen LogP contribution in [0.1, 0.15) is 5.56 Å². The highest BCUT2D eigenvalue weighted by Crippen LogP contribution is 2.37. The predicted octanol–water partition coefficient (Wildman–Crippen LogP) is 3.60. The molecule has 5 rings (SSSR count). The molecule has 0 radical (unpaired) electrons. The molecule has 0 saturated carbocycles. The molecule has 4 heterocycles. The summed E-state index contributed by atoms with van der Waals surface area (Å²) in [5.74, 6) is -0.861. The van der Waals surface area contributed by atoms with E-state index in [2.05, 4.69) is 20.2 Å². The maximum atomic E-state index is 15.0. The summed E-state index contributed by atoms with van der Waals surface area (Å²) in [6, 6.07) is 4.00. The van der Waals surface area contributed by atoms with Gasteiger partial charge in [-0.25, -0.2) is 18.6 Å². The smallest absolute Gasteiger partial charge is 0.407 e. The number of nitrogens with zero attached hydrogens (tertiary/aromatic N) is 5. The molecule has 3 aromatic rings. The number of piperazine rings is 1. The Hall–Kier alpha value is -3.73. The number of pyridine rings is 2. The van der Waals surface area contributed by atoms with Gasteiger partial charge < -0.3 is 29.9 Å². The van der Waals surface area contributed by atoms with E-state index in [0.29, 0.717) is 62.1 Å². The van der Waals surface area contributed by atoms with Crippen LogP contribution in [0, 0.1) is 18.6 Å². The minimum Gasteiger partial charge on any atom is -0.465 e. The molecule has 0 aliphatic carbocycles. The second-order valence-electron chi connectivity index (χ2n) is 8.63. The Morgan fingerprint density at radius 1 is 1.03 bits per heavy atom. The fourth-order valence-electron chi connectivity index (χ4n) is 4.60. The maximum absolute atomic E-state index is 15.0.